The highest BCUT2D eigenvalue weighted by atomic mass is 16.4. The van der Waals surface area contributed by atoms with Crippen molar-refractivity contribution < 1.29 is 14.8 Å². The van der Waals surface area contributed by atoms with Crippen LogP contribution in [-0.4, -0.2) is 24.3 Å². The van der Waals surface area contributed by atoms with Crippen molar-refractivity contribution in [1.29, 1.82) is 0 Å². The summed E-state index contributed by atoms with van der Waals surface area (Å²) in [6.07, 6.45) is 5.94. The molecule has 0 atom stereocenters. The first-order valence-electron chi connectivity index (χ1n) is 4.66. The average Bonchev–Trinajstić information content (AvgIpc) is 2.27. The van der Waals surface area contributed by atoms with Crippen LogP contribution in [0.5, 0.6) is 0 Å². The van der Waals surface area contributed by atoms with Gasteiger partial charge >= 0.3 is 0 Å². The molecule has 0 radical (unpaired) electrons. The van der Waals surface area contributed by atoms with Gasteiger partial charge in [-0.2, -0.15) is 0 Å². The van der Waals surface area contributed by atoms with E-state index in [9.17, 15) is 9.59 Å². The zero-order valence-corrected chi connectivity index (χ0v) is 8.82. The molecule has 0 bridgehead atoms. The van der Waals surface area contributed by atoms with Crippen molar-refractivity contribution in [3.63, 3.8) is 0 Å². The summed E-state index contributed by atoms with van der Waals surface area (Å²) < 4.78 is 0. The van der Waals surface area contributed by atoms with E-state index in [0.29, 0.717) is 12.8 Å². The van der Waals surface area contributed by atoms with Crippen molar-refractivity contribution in [1.82, 2.24) is 0 Å². The second kappa shape index (κ2) is 29.5. The fourth-order valence-corrected chi connectivity index (χ4v) is 0.530. The van der Waals surface area contributed by atoms with Crippen LogP contribution < -0.4 is 11.6 Å². The lowest BCUT2D eigenvalue weighted by atomic mass is 10.3. The van der Waals surface area contributed by atoms with Crippen LogP contribution in [0.3, 0.4) is 0 Å². The van der Waals surface area contributed by atoms with E-state index >= 15 is 0 Å². The van der Waals surface area contributed by atoms with Crippen molar-refractivity contribution in [2.75, 3.05) is 6.54 Å². The first-order chi connectivity index (χ1) is 6.83. The monoisotopic (exact) mass is 206 g/mol. The molecule has 0 aromatic carbocycles. The van der Waals surface area contributed by atoms with Gasteiger partial charge < -0.3 is 20.5 Å². The number of unbranched alkanes of at least 4 members (excludes halogenated alkanes) is 3. The van der Waals surface area contributed by atoms with Gasteiger partial charge in [0.2, 0.25) is 0 Å². The number of rotatable bonds is 6. The van der Waals surface area contributed by atoms with E-state index in [4.69, 9.17) is 10.9 Å². The Balaban J connectivity index is -0.000000147. The van der Waals surface area contributed by atoms with E-state index in [1.54, 1.807) is 0 Å². The Hall–Kier alpha value is -0.780. The summed E-state index contributed by atoms with van der Waals surface area (Å²) in [6.45, 7) is 3.03. The lowest BCUT2D eigenvalue weighted by Gasteiger charge is -1.86. The highest BCUT2D eigenvalue weighted by Crippen LogP contribution is 1.88. The molecular weight excluding hydrogens is 184 g/mol. The largest absolute Gasteiger partial charge is 0.330 e. The van der Waals surface area contributed by atoms with Gasteiger partial charge in [0.1, 0.15) is 12.6 Å². The Labute approximate surface area is 85.4 Å². The molecule has 0 saturated heterocycles. The summed E-state index contributed by atoms with van der Waals surface area (Å²) in [7, 11) is 0. The Bertz CT molecular complexity index is 88.1. The van der Waals surface area contributed by atoms with Crippen LogP contribution >= 0.6 is 0 Å². The predicted octanol–water partition coefficient (Wildman–Crippen LogP) is 0.634. The van der Waals surface area contributed by atoms with Gasteiger partial charge in [0.15, 0.2) is 0 Å². The summed E-state index contributed by atoms with van der Waals surface area (Å²) in [5.74, 6) is 3.50. The maximum atomic E-state index is 9.40. The molecule has 0 unspecified atom stereocenters. The van der Waals surface area contributed by atoms with E-state index in [0.717, 1.165) is 19.1 Å². The summed E-state index contributed by atoms with van der Waals surface area (Å²) in [6, 6.07) is 0. The molecular formula is C9H22N2O3. The Kier molecular flexibility index (Phi) is 39.8. The molecule has 0 spiro atoms. The topological polar surface area (TPSA) is 106 Å². The van der Waals surface area contributed by atoms with E-state index < -0.39 is 0 Å². The lowest BCUT2D eigenvalue weighted by Crippen LogP contribution is -1.96. The molecule has 0 amide bonds. The lowest BCUT2D eigenvalue weighted by molar-refractivity contribution is -0.112. The van der Waals surface area contributed by atoms with Crippen molar-refractivity contribution in [2.45, 2.75) is 39.0 Å². The van der Waals surface area contributed by atoms with E-state index in [2.05, 4.69) is 12.8 Å². The molecule has 0 saturated carbocycles. The van der Waals surface area contributed by atoms with Crippen LogP contribution in [0.2, 0.25) is 0 Å². The quantitative estimate of drug-likeness (QED) is 0.336. The Morgan fingerprint density at radius 2 is 1.50 bits per heavy atom. The number of carbonyl (C=O) groups excluding carboxylic acids is 2. The summed E-state index contributed by atoms with van der Waals surface area (Å²) >= 11 is 0. The molecule has 0 aromatic heterocycles. The first kappa shape index (κ1) is 18.9. The second-order valence-electron chi connectivity index (χ2n) is 2.41. The van der Waals surface area contributed by atoms with E-state index in [1.807, 2.05) is 0 Å². The van der Waals surface area contributed by atoms with Crippen molar-refractivity contribution in [3.05, 3.63) is 0 Å². The zero-order valence-electron chi connectivity index (χ0n) is 8.82. The van der Waals surface area contributed by atoms with Crippen LogP contribution in [0.25, 0.3) is 0 Å². The number of nitrogens with two attached hydrogens (primary N) is 2. The van der Waals surface area contributed by atoms with Gasteiger partial charge in [-0.3, -0.25) is 0 Å². The number of carbonyl (C=O) groups is 2. The average molecular weight is 206 g/mol. The molecule has 0 heterocycles. The Morgan fingerprint density at radius 3 is 1.64 bits per heavy atom. The summed E-state index contributed by atoms with van der Waals surface area (Å²) in [5, 5.41) is 6.50. The molecule has 5 N–H and O–H groups in total. The second-order valence-corrected chi connectivity index (χ2v) is 2.41. The van der Waals surface area contributed by atoms with Gasteiger partial charge in [-0.05, 0) is 13.0 Å². The van der Waals surface area contributed by atoms with E-state index in [-0.39, 0.29) is 0 Å². The molecule has 0 aliphatic heterocycles. The van der Waals surface area contributed by atoms with Crippen molar-refractivity contribution in [2.24, 2.45) is 11.6 Å². The molecule has 86 valence electrons. The third kappa shape index (κ3) is 43.0. The maximum absolute atomic E-state index is 9.40. The first-order valence-corrected chi connectivity index (χ1v) is 4.66. The fourth-order valence-electron chi connectivity index (χ4n) is 0.530. The van der Waals surface area contributed by atoms with Gasteiger partial charge in [-0.1, -0.05) is 19.8 Å². The molecule has 5 nitrogen and oxygen atoms in total. The molecule has 14 heavy (non-hydrogen) atoms. The predicted molar refractivity (Wildman–Crippen MR) is 55.9 cm³/mol. The standard InChI is InChI=1S/C5H13N.C4H6O2.H3NO/c1-2-3-4-5-6;5-3-1-2-4-6;1-2/h2-6H2,1H3;3-4H,1-2H2;2H,1H2. The van der Waals surface area contributed by atoms with Gasteiger partial charge in [0.05, 0.1) is 0 Å². The summed E-state index contributed by atoms with van der Waals surface area (Å²) in [4.78, 5) is 18.8. The molecule has 0 aromatic rings. The van der Waals surface area contributed by atoms with Crippen LogP contribution in [0.1, 0.15) is 39.0 Å². The van der Waals surface area contributed by atoms with Crippen LogP contribution in [0.15, 0.2) is 0 Å². The minimum absolute atomic E-state index is 0.365. The van der Waals surface area contributed by atoms with E-state index in [1.165, 1.54) is 19.3 Å². The van der Waals surface area contributed by atoms with Crippen molar-refractivity contribution in [3.8, 4) is 0 Å². The highest BCUT2D eigenvalue weighted by molar-refractivity contribution is 5.58. The van der Waals surface area contributed by atoms with Gasteiger partial charge in [-0.25, -0.2) is 5.90 Å². The SMILES string of the molecule is CCCCCN.NO.O=CCCC=O. The minimum atomic E-state index is 0.365. The van der Waals surface area contributed by atoms with Gasteiger partial charge in [0.25, 0.3) is 0 Å². The smallest absolute Gasteiger partial charge is 0.120 e. The molecule has 0 rings (SSSR count). The zero-order chi connectivity index (χ0) is 11.7. The normalized spacial score (nSPS) is 7.43. The van der Waals surface area contributed by atoms with Crippen LogP contribution in [0, 0.1) is 0 Å². The fraction of sp³-hybridized carbons (Fsp3) is 0.778. The number of hydrogen-bond acceptors (Lipinski definition) is 5. The van der Waals surface area contributed by atoms with Gasteiger partial charge in [0, 0.05) is 12.8 Å². The van der Waals surface area contributed by atoms with Crippen LogP contribution in [-0.2, 0) is 9.59 Å². The molecule has 5 heteroatoms. The summed E-state index contributed by atoms with van der Waals surface area (Å²) in [5.41, 5.74) is 5.21. The van der Waals surface area contributed by atoms with Crippen LogP contribution in [0.4, 0.5) is 0 Å². The Morgan fingerprint density at radius 1 is 1.07 bits per heavy atom. The maximum Gasteiger partial charge on any atom is 0.120 e. The third-order valence-corrected chi connectivity index (χ3v) is 1.21. The highest BCUT2D eigenvalue weighted by Gasteiger charge is 1.75. The third-order valence-electron chi connectivity index (χ3n) is 1.21. The minimum Gasteiger partial charge on any atom is -0.330 e. The van der Waals surface area contributed by atoms with Crippen molar-refractivity contribution >= 4 is 12.6 Å². The number of aldehydes is 2. The number of hydrogen-bond donors (Lipinski definition) is 3. The molecule has 0 fully saturated rings. The molecule has 0 aliphatic rings. The molecule has 0 aliphatic carbocycles. The van der Waals surface area contributed by atoms with Gasteiger partial charge in [-0.15, -0.1) is 0 Å².